The molecule has 0 radical (unpaired) electrons. The molecule has 0 aliphatic heterocycles. The zero-order valence-corrected chi connectivity index (χ0v) is 11.3. The van der Waals surface area contributed by atoms with Crippen LogP contribution in [-0.2, 0) is 6.54 Å². The van der Waals surface area contributed by atoms with Crippen LogP contribution in [0.2, 0.25) is 0 Å². The molecule has 6 heteroatoms. The molecule has 4 N–H and O–H groups in total. The molecule has 3 amide bonds. The van der Waals surface area contributed by atoms with Gasteiger partial charge in [0.15, 0.2) is 0 Å². The number of hydrogen-bond acceptors (Lipinski definition) is 3. The van der Waals surface area contributed by atoms with Gasteiger partial charge in [-0.15, -0.1) is 0 Å². The number of urea groups is 1. The number of benzene rings is 1. The first-order valence-corrected chi connectivity index (χ1v) is 6.07. The van der Waals surface area contributed by atoms with Gasteiger partial charge >= 0.3 is 6.03 Å². The van der Waals surface area contributed by atoms with E-state index < -0.39 is 6.03 Å². The summed E-state index contributed by atoms with van der Waals surface area (Å²) in [6, 6.07) is 6.53. The van der Waals surface area contributed by atoms with Crippen LogP contribution in [0, 0.1) is 0 Å². The molecule has 0 saturated carbocycles. The standard InChI is InChI=1S/C13H20N4O2/c1-15-7-8-17(2)12(18)11-5-3-10(4-6-11)9-16-13(14)19/h3-6,15H,7-9H2,1-2H3,(H3,14,16,19). The average molecular weight is 264 g/mol. The monoisotopic (exact) mass is 264 g/mol. The van der Waals surface area contributed by atoms with Crippen molar-refractivity contribution >= 4 is 11.9 Å². The summed E-state index contributed by atoms with van der Waals surface area (Å²) in [5, 5.41) is 5.49. The Morgan fingerprint density at radius 1 is 1.26 bits per heavy atom. The molecule has 0 unspecified atom stereocenters. The Bertz CT molecular complexity index is 431. The van der Waals surface area contributed by atoms with Crippen LogP contribution in [0.1, 0.15) is 15.9 Å². The minimum atomic E-state index is -0.563. The second-order valence-electron chi connectivity index (χ2n) is 4.24. The normalized spacial score (nSPS) is 10.0. The highest BCUT2D eigenvalue weighted by Gasteiger charge is 2.10. The molecular formula is C13H20N4O2. The van der Waals surface area contributed by atoms with E-state index in [1.807, 2.05) is 7.05 Å². The smallest absolute Gasteiger partial charge is 0.312 e. The molecule has 1 rings (SSSR count). The summed E-state index contributed by atoms with van der Waals surface area (Å²) in [5.41, 5.74) is 6.51. The zero-order chi connectivity index (χ0) is 14.3. The number of nitrogens with one attached hydrogen (secondary N) is 2. The molecule has 0 saturated heterocycles. The third kappa shape index (κ3) is 4.97. The SMILES string of the molecule is CNCCN(C)C(=O)c1ccc(CNC(N)=O)cc1. The number of rotatable bonds is 6. The van der Waals surface area contributed by atoms with Crippen LogP contribution in [0.4, 0.5) is 4.79 Å². The van der Waals surface area contributed by atoms with Crippen molar-refractivity contribution in [2.24, 2.45) is 5.73 Å². The van der Waals surface area contributed by atoms with Gasteiger partial charge < -0.3 is 21.3 Å². The van der Waals surface area contributed by atoms with Crippen molar-refractivity contribution in [3.05, 3.63) is 35.4 Å². The van der Waals surface area contributed by atoms with Gasteiger partial charge in [0.2, 0.25) is 0 Å². The Hall–Kier alpha value is -2.08. The van der Waals surface area contributed by atoms with Crippen molar-refractivity contribution in [1.29, 1.82) is 0 Å². The molecule has 0 aliphatic carbocycles. The van der Waals surface area contributed by atoms with Gasteiger partial charge in [0, 0.05) is 32.2 Å². The Kier molecular flexibility index (Phi) is 5.81. The highest BCUT2D eigenvalue weighted by atomic mass is 16.2. The minimum absolute atomic E-state index is 0.0235. The van der Waals surface area contributed by atoms with Gasteiger partial charge in [-0.05, 0) is 24.7 Å². The molecular weight excluding hydrogens is 244 g/mol. The molecule has 0 atom stereocenters. The van der Waals surface area contributed by atoms with Gasteiger partial charge in [-0.3, -0.25) is 4.79 Å². The Balaban J connectivity index is 2.59. The van der Waals surface area contributed by atoms with Gasteiger partial charge in [-0.1, -0.05) is 12.1 Å². The molecule has 6 nitrogen and oxygen atoms in total. The van der Waals surface area contributed by atoms with E-state index in [-0.39, 0.29) is 5.91 Å². The molecule has 0 spiro atoms. The maximum atomic E-state index is 12.0. The molecule has 0 heterocycles. The average Bonchev–Trinajstić information content (AvgIpc) is 2.42. The number of hydrogen-bond donors (Lipinski definition) is 3. The van der Waals surface area contributed by atoms with Crippen molar-refractivity contribution in [1.82, 2.24) is 15.5 Å². The number of primary amides is 1. The second kappa shape index (κ2) is 7.38. The highest BCUT2D eigenvalue weighted by Crippen LogP contribution is 2.06. The maximum absolute atomic E-state index is 12.0. The number of nitrogens with two attached hydrogens (primary N) is 1. The van der Waals surface area contributed by atoms with E-state index in [1.54, 1.807) is 36.2 Å². The van der Waals surface area contributed by atoms with Crippen molar-refractivity contribution in [2.75, 3.05) is 27.2 Å². The molecule has 0 fully saturated rings. The van der Waals surface area contributed by atoms with Crippen LogP contribution in [0.5, 0.6) is 0 Å². The first-order chi connectivity index (χ1) is 9.04. The summed E-state index contributed by atoms with van der Waals surface area (Å²) >= 11 is 0. The molecule has 0 aromatic heterocycles. The minimum Gasteiger partial charge on any atom is -0.352 e. The van der Waals surface area contributed by atoms with Crippen LogP contribution >= 0.6 is 0 Å². The van der Waals surface area contributed by atoms with E-state index in [1.165, 1.54) is 0 Å². The van der Waals surface area contributed by atoms with Gasteiger partial charge in [-0.2, -0.15) is 0 Å². The van der Waals surface area contributed by atoms with Crippen molar-refractivity contribution in [2.45, 2.75) is 6.54 Å². The Labute approximate surface area is 113 Å². The van der Waals surface area contributed by atoms with Crippen molar-refractivity contribution in [3.8, 4) is 0 Å². The summed E-state index contributed by atoms with van der Waals surface area (Å²) in [6.07, 6.45) is 0. The molecule has 0 bridgehead atoms. The Morgan fingerprint density at radius 2 is 1.89 bits per heavy atom. The van der Waals surface area contributed by atoms with E-state index in [0.717, 1.165) is 12.1 Å². The molecule has 19 heavy (non-hydrogen) atoms. The lowest BCUT2D eigenvalue weighted by molar-refractivity contribution is 0.0797. The fourth-order valence-corrected chi connectivity index (χ4v) is 1.56. The third-order valence-corrected chi connectivity index (χ3v) is 2.71. The van der Waals surface area contributed by atoms with Gasteiger partial charge in [-0.25, -0.2) is 4.79 Å². The van der Waals surface area contributed by atoms with Crippen LogP contribution in [-0.4, -0.2) is 44.0 Å². The van der Waals surface area contributed by atoms with Gasteiger partial charge in [0.05, 0.1) is 0 Å². The predicted molar refractivity (Wildman–Crippen MR) is 73.8 cm³/mol. The summed E-state index contributed by atoms with van der Waals surface area (Å²) in [4.78, 5) is 24.3. The van der Waals surface area contributed by atoms with E-state index in [9.17, 15) is 9.59 Å². The van der Waals surface area contributed by atoms with E-state index >= 15 is 0 Å². The van der Waals surface area contributed by atoms with Crippen molar-refractivity contribution < 1.29 is 9.59 Å². The number of nitrogens with zero attached hydrogens (tertiary/aromatic N) is 1. The number of likely N-dealkylation sites (N-methyl/N-ethyl adjacent to an activating group) is 2. The van der Waals surface area contributed by atoms with Crippen LogP contribution in [0.15, 0.2) is 24.3 Å². The third-order valence-electron chi connectivity index (χ3n) is 2.71. The van der Waals surface area contributed by atoms with Crippen LogP contribution in [0.3, 0.4) is 0 Å². The van der Waals surface area contributed by atoms with Crippen LogP contribution in [0.25, 0.3) is 0 Å². The number of carbonyl (C=O) groups is 2. The first kappa shape index (κ1) is 15.0. The maximum Gasteiger partial charge on any atom is 0.312 e. The zero-order valence-electron chi connectivity index (χ0n) is 11.3. The molecule has 0 aliphatic rings. The number of amides is 3. The quantitative estimate of drug-likeness (QED) is 0.683. The molecule has 104 valence electrons. The summed E-state index contributed by atoms with van der Waals surface area (Å²) < 4.78 is 0. The van der Waals surface area contributed by atoms with Crippen LogP contribution < -0.4 is 16.4 Å². The topological polar surface area (TPSA) is 87.5 Å². The number of carbonyl (C=O) groups excluding carboxylic acids is 2. The first-order valence-electron chi connectivity index (χ1n) is 6.07. The van der Waals surface area contributed by atoms with Gasteiger partial charge in [0.25, 0.3) is 5.91 Å². The highest BCUT2D eigenvalue weighted by molar-refractivity contribution is 5.94. The fourth-order valence-electron chi connectivity index (χ4n) is 1.56. The lowest BCUT2D eigenvalue weighted by Crippen LogP contribution is -2.32. The lowest BCUT2D eigenvalue weighted by atomic mass is 10.1. The van der Waals surface area contributed by atoms with E-state index in [4.69, 9.17) is 5.73 Å². The van der Waals surface area contributed by atoms with Crippen molar-refractivity contribution in [3.63, 3.8) is 0 Å². The summed E-state index contributed by atoms with van der Waals surface area (Å²) in [7, 11) is 3.61. The molecule has 1 aromatic carbocycles. The summed E-state index contributed by atoms with van der Waals surface area (Å²) in [6.45, 7) is 1.77. The molecule has 1 aromatic rings. The largest absolute Gasteiger partial charge is 0.352 e. The second-order valence-corrected chi connectivity index (χ2v) is 4.24. The van der Waals surface area contributed by atoms with Gasteiger partial charge in [0.1, 0.15) is 0 Å². The fraction of sp³-hybridized carbons (Fsp3) is 0.385. The van der Waals surface area contributed by atoms with E-state index in [0.29, 0.717) is 18.7 Å². The predicted octanol–water partition coefficient (Wildman–Crippen LogP) is 0.146. The lowest BCUT2D eigenvalue weighted by Gasteiger charge is -2.17. The summed E-state index contributed by atoms with van der Waals surface area (Å²) in [5.74, 6) is -0.0235. The van der Waals surface area contributed by atoms with E-state index in [2.05, 4.69) is 10.6 Å². The Morgan fingerprint density at radius 3 is 2.42 bits per heavy atom.